The Morgan fingerprint density at radius 1 is 1.32 bits per heavy atom. The number of fused-ring (bicyclic) bond motifs is 2. The number of carboxylic acids is 1. The smallest absolute Gasteiger partial charge is 0.338 e. The molecule has 3 aliphatic heterocycles. The van der Waals surface area contributed by atoms with Crippen molar-refractivity contribution < 1.29 is 28.2 Å². The Kier molecular flexibility index (Phi) is 7.03. The average molecular weight is 551 g/mol. The highest BCUT2D eigenvalue weighted by Gasteiger charge is 2.57. The average Bonchev–Trinajstić information content (AvgIpc) is 3.43. The summed E-state index contributed by atoms with van der Waals surface area (Å²) in [5.74, 6) is -4.52. The summed E-state index contributed by atoms with van der Waals surface area (Å²) in [6, 6.07) is 4.51. The third kappa shape index (κ3) is 4.99. The first kappa shape index (κ1) is 25.7. The molecule has 4 atom stereocenters. The lowest BCUT2D eigenvalue weighted by Crippen LogP contribution is -2.50. The van der Waals surface area contributed by atoms with Gasteiger partial charge in [-0.05, 0) is 24.8 Å². The molecule has 2 N–H and O–H groups in total. The van der Waals surface area contributed by atoms with Crippen LogP contribution in [0, 0.1) is 5.92 Å². The van der Waals surface area contributed by atoms with Gasteiger partial charge in [-0.15, -0.1) is 11.3 Å². The quantitative estimate of drug-likeness (QED) is 0.496. The normalized spacial score (nSPS) is 27.0. The van der Waals surface area contributed by atoms with Crippen LogP contribution in [0.25, 0.3) is 0 Å². The number of nitrogens with zero attached hydrogens (tertiary/aromatic N) is 3. The van der Waals surface area contributed by atoms with E-state index < -0.39 is 36.0 Å². The number of aromatic nitrogens is 1. The molecule has 3 aliphatic rings. The number of nitrogens with one attached hydrogen (secondary N) is 1. The number of hydrogen-bond donors (Lipinski definition) is 2. The van der Waals surface area contributed by atoms with E-state index in [4.69, 9.17) is 21.3 Å². The van der Waals surface area contributed by atoms with Crippen LogP contribution < -0.4 is 5.32 Å². The van der Waals surface area contributed by atoms with E-state index in [1.165, 1.54) is 18.4 Å². The second-order valence-corrected chi connectivity index (χ2v) is 10.8. The number of rotatable bonds is 7. The van der Waals surface area contributed by atoms with Gasteiger partial charge in [-0.2, -0.15) is 0 Å². The molecule has 0 saturated carbocycles. The van der Waals surface area contributed by atoms with E-state index in [1.807, 2.05) is 0 Å². The van der Waals surface area contributed by atoms with E-state index >= 15 is 8.78 Å². The molecule has 0 radical (unpaired) electrons. The van der Waals surface area contributed by atoms with Crippen molar-refractivity contribution in [2.45, 2.75) is 49.7 Å². The molecule has 2 fully saturated rings. The third-order valence-electron chi connectivity index (χ3n) is 7.20. The lowest BCUT2D eigenvalue weighted by atomic mass is 9.87. The van der Waals surface area contributed by atoms with Crippen molar-refractivity contribution >= 4 is 40.7 Å². The molecule has 4 heterocycles. The van der Waals surface area contributed by atoms with Gasteiger partial charge in [-0.1, -0.05) is 29.8 Å². The van der Waals surface area contributed by atoms with Gasteiger partial charge in [0.2, 0.25) is 0 Å². The number of amidine groups is 1. The van der Waals surface area contributed by atoms with Gasteiger partial charge in [0.1, 0.15) is 6.04 Å². The molecule has 2 aromatic rings. The topological polar surface area (TPSA) is 104 Å². The number of carbonyl (C=O) groups excluding carboxylic acids is 1. The zero-order chi connectivity index (χ0) is 26.3. The number of hydrogen-bond acceptors (Lipinski definition) is 8. The zero-order valence-corrected chi connectivity index (χ0v) is 21.4. The van der Waals surface area contributed by atoms with Gasteiger partial charge in [-0.25, -0.2) is 18.6 Å². The molecule has 0 spiro atoms. The molecule has 8 nitrogen and oxygen atoms in total. The second kappa shape index (κ2) is 10.1. The van der Waals surface area contributed by atoms with E-state index in [-0.39, 0.29) is 37.3 Å². The predicted molar refractivity (Wildman–Crippen MR) is 134 cm³/mol. The first-order chi connectivity index (χ1) is 17.7. The number of aliphatic carboxylic acids is 1. The number of carbonyl (C=O) groups is 2. The highest BCUT2D eigenvalue weighted by atomic mass is 35.5. The fourth-order valence-corrected chi connectivity index (χ4v) is 6.49. The molecule has 2 saturated heterocycles. The van der Waals surface area contributed by atoms with E-state index in [0.29, 0.717) is 33.5 Å². The van der Waals surface area contributed by atoms with Crippen LogP contribution in [0.5, 0.6) is 0 Å². The Labute approximate surface area is 221 Å². The summed E-state index contributed by atoms with van der Waals surface area (Å²) in [7, 11) is 1.26. The number of carboxylic acid groups (broad SMARTS) is 1. The van der Waals surface area contributed by atoms with Crippen LogP contribution in [0.4, 0.5) is 8.78 Å². The summed E-state index contributed by atoms with van der Waals surface area (Å²) in [6.45, 7) is 0.0144. The van der Waals surface area contributed by atoms with Gasteiger partial charge in [0, 0.05) is 53.3 Å². The first-order valence-electron chi connectivity index (χ1n) is 11.8. The van der Waals surface area contributed by atoms with Crippen LogP contribution >= 0.6 is 22.9 Å². The number of aliphatic imine (C=N–C) groups is 1. The summed E-state index contributed by atoms with van der Waals surface area (Å²) in [5.41, 5.74) is 1.15. The van der Waals surface area contributed by atoms with Crippen molar-refractivity contribution in [2.75, 3.05) is 13.7 Å². The molecule has 12 heteroatoms. The van der Waals surface area contributed by atoms with Crippen molar-refractivity contribution in [1.29, 1.82) is 0 Å². The van der Waals surface area contributed by atoms with Gasteiger partial charge in [-0.3, -0.25) is 14.7 Å². The monoisotopic (exact) mass is 550 g/mol. The minimum Gasteiger partial charge on any atom is -0.481 e. The van der Waals surface area contributed by atoms with Crippen LogP contribution in [0.15, 0.2) is 52.1 Å². The van der Waals surface area contributed by atoms with Crippen molar-refractivity contribution in [2.24, 2.45) is 10.9 Å². The van der Waals surface area contributed by atoms with Crippen molar-refractivity contribution in [3.05, 3.63) is 62.7 Å². The molecular weight excluding hydrogens is 526 g/mol. The Bertz CT molecular complexity index is 1270. The summed E-state index contributed by atoms with van der Waals surface area (Å²) < 4.78 is 35.2. The fourth-order valence-electron chi connectivity index (χ4n) is 5.66. The molecule has 2 bridgehead atoms. The van der Waals surface area contributed by atoms with Gasteiger partial charge in [0.05, 0.1) is 18.7 Å². The van der Waals surface area contributed by atoms with E-state index in [9.17, 15) is 14.7 Å². The molecule has 0 aliphatic carbocycles. The highest BCUT2D eigenvalue weighted by molar-refractivity contribution is 7.11. The molecule has 5 rings (SSSR count). The van der Waals surface area contributed by atoms with E-state index in [1.54, 1.807) is 40.7 Å². The van der Waals surface area contributed by atoms with Crippen LogP contribution in [0.2, 0.25) is 5.02 Å². The predicted octanol–water partition coefficient (Wildman–Crippen LogP) is 4.28. The SMILES string of the molecule is COC(=O)C1=C(CN2[C@@H]3C[C@H](CC(=O)O)C[C@H]2C(F)(F)C3)NC(c2nccs2)=N[C@H]1c1ccccc1Cl. The Morgan fingerprint density at radius 3 is 2.76 bits per heavy atom. The number of thiazole rings is 1. The zero-order valence-electron chi connectivity index (χ0n) is 19.9. The van der Waals surface area contributed by atoms with Crippen LogP contribution in [-0.2, 0) is 14.3 Å². The van der Waals surface area contributed by atoms with Crippen LogP contribution in [-0.4, -0.2) is 64.4 Å². The lowest BCUT2D eigenvalue weighted by Gasteiger charge is -2.40. The summed E-state index contributed by atoms with van der Waals surface area (Å²) in [4.78, 5) is 35.1. The summed E-state index contributed by atoms with van der Waals surface area (Å²) >= 11 is 7.85. The number of esters is 1. The standard InChI is InChI=1S/C25H25ClF2N4O4S/c1-36-24(35)20-17(12-32-14-8-13(10-19(33)34)9-18(32)25(27,28)11-14)30-22(23-29-6-7-37-23)31-21(20)15-4-2-3-5-16(15)26/h2-7,13-14,18,21H,8-12H2,1H3,(H,30,31)(H,33,34)/t13-,14+,18-,21-/m0/s1. The fraction of sp³-hybridized carbons (Fsp3) is 0.440. The molecule has 0 unspecified atom stereocenters. The van der Waals surface area contributed by atoms with Gasteiger partial charge in [0.25, 0.3) is 5.92 Å². The first-order valence-corrected chi connectivity index (χ1v) is 13.1. The van der Waals surface area contributed by atoms with Crippen molar-refractivity contribution in [1.82, 2.24) is 15.2 Å². The van der Waals surface area contributed by atoms with Gasteiger partial charge < -0.3 is 15.2 Å². The Balaban J connectivity index is 1.56. The number of alkyl halides is 2. The lowest BCUT2D eigenvalue weighted by molar-refractivity contribution is -0.139. The molecule has 1 aromatic carbocycles. The van der Waals surface area contributed by atoms with Crippen LogP contribution in [0.3, 0.4) is 0 Å². The molecule has 1 aromatic heterocycles. The number of ether oxygens (including phenoxy) is 1. The van der Waals surface area contributed by atoms with Crippen molar-refractivity contribution in [3.8, 4) is 0 Å². The minimum absolute atomic E-state index is 0.0144. The molecule has 37 heavy (non-hydrogen) atoms. The van der Waals surface area contributed by atoms with E-state index in [2.05, 4.69) is 10.3 Å². The van der Waals surface area contributed by atoms with Gasteiger partial charge >= 0.3 is 11.9 Å². The minimum atomic E-state index is -2.97. The van der Waals surface area contributed by atoms with E-state index in [0.717, 1.165) is 0 Å². The Hall–Kier alpha value is -2.89. The second-order valence-electron chi connectivity index (χ2n) is 9.49. The maximum Gasteiger partial charge on any atom is 0.338 e. The number of methoxy groups -OCH3 is 1. The summed E-state index contributed by atoms with van der Waals surface area (Å²) in [5, 5.41) is 15.2. The Morgan fingerprint density at radius 2 is 2.11 bits per heavy atom. The number of benzene rings is 1. The summed E-state index contributed by atoms with van der Waals surface area (Å²) in [6.07, 6.45) is 1.55. The highest BCUT2D eigenvalue weighted by Crippen LogP contribution is 2.49. The molecular formula is C25H25ClF2N4O4S. The van der Waals surface area contributed by atoms with Gasteiger partial charge in [0.15, 0.2) is 10.8 Å². The maximum atomic E-state index is 15.1. The van der Waals surface area contributed by atoms with Crippen molar-refractivity contribution in [3.63, 3.8) is 0 Å². The third-order valence-corrected chi connectivity index (χ3v) is 8.32. The molecule has 196 valence electrons. The number of piperidine rings is 1. The molecule has 0 amide bonds. The number of halogens is 3. The van der Waals surface area contributed by atoms with Crippen LogP contribution in [0.1, 0.15) is 42.3 Å². The largest absolute Gasteiger partial charge is 0.481 e. The maximum absolute atomic E-state index is 15.1.